The van der Waals surface area contributed by atoms with Crippen LogP contribution in [0.3, 0.4) is 0 Å². The van der Waals surface area contributed by atoms with Gasteiger partial charge in [-0.2, -0.15) is 0 Å². The summed E-state index contributed by atoms with van der Waals surface area (Å²) >= 11 is 0. The number of carbonyl (C=O) groups is 2. The van der Waals surface area contributed by atoms with Gasteiger partial charge in [-0.1, -0.05) is 0 Å². The van der Waals surface area contributed by atoms with E-state index in [1.54, 1.807) is 0 Å². The SMILES string of the molecule is O=C(C1CCCNC1)N1CCN2C(=O)CCC2C1. The van der Waals surface area contributed by atoms with E-state index in [4.69, 9.17) is 0 Å². The number of hydrogen-bond acceptors (Lipinski definition) is 3. The highest BCUT2D eigenvalue weighted by Gasteiger charge is 2.38. The third-order valence-electron chi connectivity index (χ3n) is 4.45. The quantitative estimate of drug-likeness (QED) is 0.703. The van der Waals surface area contributed by atoms with Crippen LogP contribution in [0.4, 0.5) is 0 Å². The number of nitrogens with zero attached hydrogens (tertiary/aromatic N) is 2. The number of hydrogen-bond donors (Lipinski definition) is 1. The molecule has 0 radical (unpaired) electrons. The average Bonchev–Trinajstić information content (AvgIpc) is 2.80. The Morgan fingerprint density at radius 1 is 1.28 bits per heavy atom. The summed E-state index contributed by atoms with van der Waals surface area (Å²) in [5.74, 6) is 0.718. The second kappa shape index (κ2) is 4.88. The number of fused-ring (bicyclic) bond motifs is 1. The fraction of sp³-hybridized carbons (Fsp3) is 0.846. The normalized spacial score (nSPS) is 32.6. The number of nitrogens with one attached hydrogen (secondary N) is 1. The molecule has 2 unspecified atom stereocenters. The Morgan fingerprint density at radius 3 is 2.94 bits per heavy atom. The maximum Gasteiger partial charge on any atom is 0.227 e. The molecule has 2 atom stereocenters. The molecule has 3 saturated heterocycles. The Bertz CT molecular complexity index is 352. The lowest BCUT2D eigenvalue weighted by atomic mass is 9.97. The van der Waals surface area contributed by atoms with Crippen molar-refractivity contribution in [3.63, 3.8) is 0 Å². The van der Waals surface area contributed by atoms with Gasteiger partial charge < -0.3 is 15.1 Å². The molecule has 0 spiro atoms. The van der Waals surface area contributed by atoms with Crippen molar-refractivity contribution in [1.29, 1.82) is 0 Å². The molecule has 18 heavy (non-hydrogen) atoms. The van der Waals surface area contributed by atoms with E-state index in [1.165, 1.54) is 0 Å². The summed E-state index contributed by atoms with van der Waals surface area (Å²) < 4.78 is 0. The summed E-state index contributed by atoms with van der Waals surface area (Å²) in [6.45, 7) is 4.06. The van der Waals surface area contributed by atoms with E-state index in [-0.39, 0.29) is 17.9 Å². The van der Waals surface area contributed by atoms with E-state index < -0.39 is 0 Å². The van der Waals surface area contributed by atoms with Gasteiger partial charge in [0.2, 0.25) is 11.8 Å². The van der Waals surface area contributed by atoms with E-state index in [0.29, 0.717) is 12.3 Å². The molecule has 3 heterocycles. The van der Waals surface area contributed by atoms with Gasteiger partial charge in [-0.15, -0.1) is 0 Å². The minimum Gasteiger partial charge on any atom is -0.339 e. The molecular weight excluding hydrogens is 230 g/mol. The van der Waals surface area contributed by atoms with Crippen molar-refractivity contribution in [2.45, 2.75) is 31.7 Å². The predicted octanol–water partition coefficient (Wildman–Crippen LogP) is -0.181. The predicted molar refractivity (Wildman–Crippen MR) is 66.9 cm³/mol. The lowest BCUT2D eigenvalue weighted by Crippen LogP contribution is -2.55. The molecule has 1 N–H and O–H groups in total. The molecule has 0 saturated carbocycles. The van der Waals surface area contributed by atoms with Gasteiger partial charge in [-0.05, 0) is 25.8 Å². The van der Waals surface area contributed by atoms with Crippen molar-refractivity contribution in [3.8, 4) is 0 Å². The second-order valence-electron chi connectivity index (χ2n) is 5.61. The zero-order valence-electron chi connectivity index (χ0n) is 10.7. The standard InChI is InChI=1S/C13H21N3O2/c17-12-4-3-11-9-15(6-7-16(11)12)13(18)10-2-1-5-14-8-10/h10-11,14H,1-9H2. The molecule has 3 rings (SSSR count). The fourth-order valence-corrected chi connectivity index (χ4v) is 3.39. The summed E-state index contributed by atoms with van der Waals surface area (Å²) in [4.78, 5) is 27.9. The third kappa shape index (κ3) is 2.11. The van der Waals surface area contributed by atoms with Gasteiger partial charge in [0.25, 0.3) is 0 Å². The molecule has 0 bridgehead atoms. The maximum atomic E-state index is 12.4. The van der Waals surface area contributed by atoms with Gasteiger partial charge >= 0.3 is 0 Å². The second-order valence-corrected chi connectivity index (χ2v) is 5.61. The van der Waals surface area contributed by atoms with Gasteiger partial charge in [0.05, 0.1) is 5.92 Å². The Hall–Kier alpha value is -1.10. The fourth-order valence-electron chi connectivity index (χ4n) is 3.39. The van der Waals surface area contributed by atoms with Crippen LogP contribution in [-0.4, -0.2) is 60.4 Å². The maximum absolute atomic E-state index is 12.4. The Kier molecular flexibility index (Phi) is 3.24. The van der Waals surface area contributed by atoms with E-state index in [2.05, 4.69) is 5.32 Å². The first-order valence-electron chi connectivity index (χ1n) is 7.04. The van der Waals surface area contributed by atoms with Crippen molar-refractivity contribution < 1.29 is 9.59 Å². The van der Waals surface area contributed by atoms with Crippen LogP contribution >= 0.6 is 0 Å². The number of piperidine rings is 1. The van der Waals surface area contributed by atoms with Crippen LogP contribution in [0.2, 0.25) is 0 Å². The van der Waals surface area contributed by atoms with E-state index in [1.807, 2.05) is 9.80 Å². The van der Waals surface area contributed by atoms with E-state index in [0.717, 1.165) is 52.0 Å². The number of piperazine rings is 1. The largest absolute Gasteiger partial charge is 0.339 e. The average molecular weight is 251 g/mol. The molecule has 100 valence electrons. The molecule has 5 nitrogen and oxygen atoms in total. The highest BCUT2D eigenvalue weighted by molar-refractivity contribution is 5.81. The van der Waals surface area contributed by atoms with Gasteiger partial charge in [0.15, 0.2) is 0 Å². The van der Waals surface area contributed by atoms with Crippen molar-refractivity contribution >= 4 is 11.8 Å². The smallest absolute Gasteiger partial charge is 0.227 e. The summed E-state index contributed by atoms with van der Waals surface area (Å²) in [5, 5.41) is 3.30. The zero-order valence-corrected chi connectivity index (χ0v) is 10.7. The zero-order chi connectivity index (χ0) is 12.5. The van der Waals surface area contributed by atoms with Crippen LogP contribution < -0.4 is 5.32 Å². The van der Waals surface area contributed by atoms with Crippen LogP contribution in [0.25, 0.3) is 0 Å². The summed E-state index contributed by atoms with van der Waals surface area (Å²) in [7, 11) is 0. The number of rotatable bonds is 1. The van der Waals surface area contributed by atoms with Gasteiger partial charge in [0.1, 0.15) is 0 Å². The summed E-state index contributed by atoms with van der Waals surface area (Å²) in [5.41, 5.74) is 0. The molecule has 0 aliphatic carbocycles. The third-order valence-corrected chi connectivity index (χ3v) is 4.45. The monoisotopic (exact) mass is 251 g/mol. The molecular formula is C13H21N3O2. The van der Waals surface area contributed by atoms with Crippen molar-refractivity contribution in [3.05, 3.63) is 0 Å². The van der Waals surface area contributed by atoms with Crippen molar-refractivity contribution in [2.75, 3.05) is 32.7 Å². The Labute approximate surface area is 107 Å². The molecule has 3 aliphatic rings. The van der Waals surface area contributed by atoms with Crippen LogP contribution in [0.15, 0.2) is 0 Å². The summed E-state index contributed by atoms with van der Waals surface area (Å²) in [6, 6.07) is 0.284. The molecule has 0 aromatic carbocycles. The van der Waals surface area contributed by atoms with Gasteiger partial charge in [-0.25, -0.2) is 0 Å². The highest BCUT2D eigenvalue weighted by Crippen LogP contribution is 2.24. The lowest BCUT2D eigenvalue weighted by Gasteiger charge is -2.39. The molecule has 2 amide bonds. The first kappa shape index (κ1) is 12.0. The van der Waals surface area contributed by atoms with Gasteiger partial charge in [-0.3, -0.25) is 9.59 Å². The topological polar surface area (TPSA) is 52.7 Å². The molecule has 5 heteroatoms. The van der Waals surface area contributed by atoms with Crippen molar-refractivity contribution in [2.24, 2.45) is 5.92 Å². The van der Waals surface area contributed by atoms with E-state index in [9.17, 15) is 9.59 Å². The first-order chi connectivity index (χ1) is 8.75. The molecule has 3 aliphatic heterocycles. The van der Waals surface area contributed by atoms with Crippen molar-refractivity contribution in [1.82, 2.24) is 15.1 Å². The van der Waals surface area contributed by atoms with E-state index >= 15 is 0 Å². The first-order valence-corrected chi connectivity index (χ1v) is 7.04. The van der Waals surface area contributed by atoms with Crippen LogP contribution in [-0.2, 0) is 9.59 Å². The Balaban J connectivity index is 1.60. The van der Waals surface area contributed by atoms with Gasteiger partial charge in [0, 0.05) is 38.6 Å². The lowest BCUT2D eigenvalue weighted by molar-refractivity contribution is -0.142. The minimum atomic E-state index is 0.155. The number of amides is 2. The highest BCUT2D eigenvalue weighted by atomic mass is 16.2. The summed E-state index contributed by atoms with van der Waals surface area (Å²) in [6.07, 6.45) is 3.69. The molecule has 0 aromatic rings. The van der Waals surface area contributed by atoms with Crippen LogP contribution in [0, 0.1) is 5.92 Å². The minimum absolute atomic E-state index is 0.155. The number of carbonyl (C=O) groups excluding carboxylic acids is 2. The van der Waals surface area contributed by atoms with Crippen LogP contribution in [0.5, 0.6) is 0 Å². The Morgan fingerprint density at radius 2 is 2.17 bits per heavy atom. The van der Waals surface area contributed by atoms with Crippen LogP contribution in [0.1, 0.15) is 25.7 Å². The molecule has 3 fully saturated rings. The molecule has 0 aromatic heterocycles.